The van der Waals surface area contributed by atoms with Gasteiger partial charge in [0.15, 0.2) is 0 Å². The molecule has 0 amide bonds. The Balaban J connectivity index is 2.02. The Morgan fingerprint density at radius 2 is 1.87 bits per heavy atom. The van der Waals surface area contributed by atoms with Crippen LogP contribution in [0.25, 0.3) is 0 Å². The molecule has 1 saturated carbocycles. The van der Waals surface area contributed by atoms with E-state index < -0.39 is 5.60 Å². The molecule has 0 aliphatic heterocycles. The number of hydrogen-bond acceptors (Lipinski definition) is 1. The summed E-state index contributed by atoms with van der Waals surface area (Å²) in [4.78, 5) is 0. The maximum absolute atomic E-state index is 10.6. The van der Waals surface area contributed by atoms with Crippen molar-refractivity contribution in [1.82, 2.24) is 0 Å². The molecule has 2 aliphatic rings. The van der Waals surface area contributed by atoms with E-state index in [9.17, 15) is 5.11 Å². The fraction of sp³-hybridized carbons (Fsp3) is 0.857. The molecular formula is C14H24O. The first-order valence-corrected chi connectivity index (χ1v) is 6.53. The standard InChI is InChI=1S/C14H24O/c1-11(2)12-7-9-14(15,10-8-12)13-5-3-4-6-13/h7,9,11-13,15H,3-6,8,10H2,1-2H3. The van der Waals surface area contributed by atoms with Crippen LogP contribution >= 0.6 is 0 Å². The van der Waals surface area contributed by atoms with Gasteiger partial charge in [0.2, 0.25) is 0 Å². The maximum Gasteiger partial charge on any atom is 0.0856 e. The van der Waals surface area contributed by atoms with Crippen LogP contribution in [0.4, 0.5) is 0 Å². The van der Waals surface area contributed by atoms with E-state index in [1.54, 1.807) is 0 Å². The van der Waals surface area contributed by atoms with Gasteiger partial charge < -0.3 is 5.11 Å². The molecule has 0 aromatic rings. The van der Waals surface area contributed by atoms with Crippen LogP contribution in [-0.2, 0) is 0 Å². The fourth-order valence-electron chi connectivity index (χ4n) is 3.19. The average Bonchev–Trinajstić information content (AvgIpc) is 2.71. The minimum Gasteiger partial charge on any atom is -0.386 e. The number of allylic oxidation sites excluding steroid dienone is 1. The van der Waals surface area contributed by atoms with E-state index in [0.717, 1.165) is 12.3 Å². The van der Waals surface area contributed by atoms with Crippen LogP contribution in [0.5, 0.6) is 0 Å². The highest BCUT2D eigenvalue weighted by molar-refractivity contribution is 5.11. The highest BCUT2D eigenvalue weighted by Gasteiger charge is 2.38. The largest absolute Gasteiger partial charge is 0.386 e. The van der Waals surface area contributed by atoms with Crippen molar-refractivity contribution in [2.24, 2.45) is 17.8 Å². The van der Waals surface area contributed by atoms with Crippen LogP contribution in [-0.4, -0.2) is 10.7 Å². The zero-order chi connectivity index (χ0) is 10.9. The molecule has 1 heteroatoms. The molecule has 0 heterocycles. The van der Waals surface area contributed by atoms with Crippen molar-refractivity contribution in [3.05, 3.63) is 12.2 Å². The lowest BCUT2D eigenvalue weighted by Gasteiger charge is -2.36. The smallest absolute Gasteiger partial charge is 0.0856 e. The van der Waals surface area contributed by atoms with Gasteiger partial charge >= 0.3 is 0 Å². The summed E-state index contributed by atoms with van der Waals surface area (Å²) in [6.45, 7) is 4.55. The van der Waals surface area contributed by atoms with E-state index in [-0.39, 0.29) is 0 Å². The van der Waals surface area contributed by atoms with Crippen molar-refractivity contribution in [2.45, 2.75) is 58.0 Å². The zero-order valence-corrected chi connectivity index (χ0v) is 10.1. The molecular weight excluding hydrogens is 184 g/mol. The molecule has 0 saturated heterocycles. The Morgan fingerprint density at radius 1 is 1.20 bits per heavy atom. The molecule has 86 valence electrons. The van der Waals surface area contributed by atoms with Crippen molar-refractivity contribution >= 4 is 0 Å². The van der Waals surface area contributed by atoms with Gasteiger partial charge in [0.1, 0.15) is 0 Å². The van der Waals surface area contributed by atoms with E-state index in [4.69, 9.17) is 0 Å². The first kappa shape index (κ1) is 11.2. The van der Waals surface area contributed by atoms with E-state index in [0.29, 0.717) is 11.8 Å². The molecule has 2 aliphatic carbocycles. The second-order valence-corrected chi connectivity index (χ2v) is 5.78. The van der Waals surface area contributed by atoms with E-state index in [2.05, 4.69) is 26.0 Å². The van der Waals surface area contributed by atoms with Crippen LogP contribution in [0.1, 0.15) is 52.4 Å². The lowest BCUT2D eigenvalue weighted by atomic mass is 9.74. The molecule has 2 atom stereocenters. The Kier molecular flexibility index (Phi) is 3.20. The normalized spacial score (nSPS) is 37.7. The Bertz CT molecular complexity index is 238. The van der Waals surface area contributed by atoms with Crippen molar-refractivity contribution in [3.63, 3.8) is 0 Å². The summed E-state index contributed by atoms with van der Waals surface area (Å²) < 4.78 is 0. The molecule has 15 heavy (non-hydrogen) atoms. The number of rotatable bonds is 2. The molecule has 0 aromatic heterocycles. The predicted octanol–water partition coefficient (Wildman–Crippen LogP) is 3.53. The summed E-state index contributed by atoms with van der Waals surface area (Å²) in [5, 5.41) is 10.6. The van der Waals surface area contributed by atoms with E-state index >= 15 is 0 Å². The summed E-state index contributed by atoms with van der Waals surface area (Å²) in [6.07, 6.45) is 11.6. The zero-order valence-electron chi connectivity index (χ0n) is 10.1. The topological polar surface area (TPSA) is 20.2 Å². The Labute approximate surface area is 93.6 Å². The molecule has 2 unspecified atom stereocenters. The first-order valence-electron chi connectivity index (χ1n) is 6.53. The highest BCUT2D eigenvalue weighted by Crippen LogP contribution is 2.41. The van der Waals surface area contributed by atoms with Gasteiger partial charge in [-0.3, -0.25) is 0 Å². The van der Waals surface area contributed by atoms with Gasteiger partial charge in [-0.05, 0) is 43.4 Å². The van der Waals surface area contributed by atoms with Gasteiger partial charge in [0.05, 0.1) is 5.60 Å². The quantitative estimate of drug-likeness (QED) is 0.688. The summed E-state index contributed by atoms with van der Waals surface area (Å²) in [6, 6.07) is 0. The van der Waals surface area contributed by atoms with Gasteiger partial charge in [0.25, 0.3) is 0 Å². The fourth-order valence-corrected chi connectivity index (χ4v) is 3.19. The van der Waals surface area contributed by atoms with Gasteiger partial charge in [-0.25, -0.2) is 0 Å². The molecule has 0 spiro atoms. The maximum atomic E-state index is 10.6. The van der Waals surface area contributed by atoms with Crippen LogP contribution in [0.3, 0.4) is 0 Å². The van der Waals surface area contributed by atoms with E-state index in [1.807, 2.05) is 0 Å². The SMILES string of the molecule is CC(C)C1C=CC(O)(C2CCCC2)CC1. The van der Waals surface area contributed by atoms with Gasteiger partial charge in [-0.15, -0.1) is 0 Å². The second kappa shape index (κ2) is 4.29. The highest BCUT2D eigenvalue weighted by atomic mass is 16.3. The third-order valence-corrected chi connectivity index (χ3v) is 4.43. The Morgan fingerprint density at radius 3 is 2.33 bits per heavy atom. The summed E-state index contributed by atoms with van der Waals surface area (Å²) in [5.74, 6) is 1.95. The summed E-state index contributed by atoms with van der Waals surface area (Å²) >= 11 is 0. The van der Waals surface area contributed by atoms with Crippen LogP contribution in [0, 0.1) is 17.8 Å². The van der Waals surface area contributed by atoms with Crippen molar-refractivity contribution in [2.75, 3.05) is 0 Å². The predicted molar refractivity (Wildman–Crippen MR) is 63.6 cm³/mol. The monoisotopic (exact) mass is 208 g/mol. The lowest BCUT2D eigenvalue weighted by Crippen LogP contribution is -2.37. The van der Waals surface area contributed by atoms with E-state index in [1.165, 1.54) is 32.1 Å². The minimum absolute atomic E-state index is 0.456. The summed E-state index contributed by atoms with van der Waals surface area (Å²) in [5.41, 5.74) is -0.456. The van der Waals surface area contributed by atoms with Crippen molar-refractivity contribution < 1.29 is 5.11 Å². The molecule has 2 rings (SSSR count). The van der Waals surface area contributed by atoms with Crippen LogP contribution in [0.2, 0.25) is 0 Å². The van der Waals surface area contributed by atoms with Gasteiger partial charge in [0, 0.05) is 0 Å². The number of hydrogen-bond donors (Lipinski definition) is 1. The Hall–Kier alpha value is -0.300. The molecule has 0 bridgehead atoms. The summed E-state index contributed by atoms with van der Waals surface area (Å²) in [7, 11) is 0. The van der Waals surface area contributed by atoms with Crippen LogP contribution < -0.4 is 0 Å². The van der Waals surface area contributed by atoms with Crippen LogP contribution in [0.15, 0.2) is 12.2 Å². The van der Waals surface area contributed by atoms with Crippen molar-refractivity contribution in [3.8, 4) is 0 Å². The molecule has 1 nitrogen and oxygen atoms in total. The average molecular weight is 208 g/mol. The third-order valence-electron chi connectivity index (χ3n) is 4.43. The van der Waals surface area contributed by atoms with Gasteiger partial charge in [-0.2, -0.15) is 0 Å². The third kappa shape index (κ3) is 2.28. The van der Waals surface area contributed by atoms with Gasteiger partial charge in [-0.1, -0.05) is 38.8 Å². The lowest BCUT2D eigenvalue weighted by molar-refractivity contribution is 0.0100. The molecule has 1 N–H and O–H groups in total. The minimum atomic E-state index is -0.456. The molecule has 1 fully saturated rings. The van der Waals surface area contributed by atoms with Crippen molar-refractivity contribution in [1.29, 1.82) is 0 Å². The second-order valence-electron chi connectivity index (χ2n) is 5.78. The molecule has 0 aromatic carbocycles. The molecule has 0 radical (unpaired) electrons. The number of aliphatic hydroxyl groups is 1. The first-order chi connectivity index (χ1) is 7.12.